The lowest BCUT2D eigenvalue weighted by atomic mass is 10.3. The summed E-state index contributed by atoms with van der Waals surface area (Å²) >= 11 is 3.39. The number of halogens is 1. The number of hydrogen-bond donors (Lipinski definition) is 0. The third kappa shape index (κ3) is 1.19. The molecule has 1 heterocycles. The molecular formula is C11H10BrNO. The summed E-state index contributed by atoms with van der Waals surface area (Å²) in [4.78, 5) is 13.6. The first-order chi connectivity index (χ1) is 6.75. The minimum Gasteiger partial charge on any atom is -0.309 e. The Hall–Kier alpha value is -0.830. The lowest BCUT2D eigenvalue weighted by molar-refractivity contribution is -0.117. The van der Waals surface area contributed by atoms with Gasteiger partial charge in [0.25, 0.3) is 0 Å². The van der Waals surface area contributed by atoms with Crippen LogP contribution in [0.4, 0.5) is 5.69 Å². The minimum absolute atomic E-state index is 0.286. The lowest BCUT2D eigenvalue weighted by Gasteiger charge is -2.18. The van der Waals surface area contributed by atoms with E-state index in [1.165, 1.54) is 6.42 Å². The van der Waals surface area contributed by atoms with Crippen molar-refractivity contribution in [2.24, 2.45) is 5.92 Å². The molecule has 3 rings (SSSR count). The van der Waals surface area contributed by atoms with Crippen LogP contribution in [-0.4, -0.2) is 11.9 Å². The molecule has 0 spiro atoms. The third-order valence-corrected chi connectivity index (χ3v) is 3.56. The molecular weight excluding hydrogens is 242 g/mol. The van der Waals surface area contributed by atoms with Gasteiger partial charge in [0.2, 0.25) is 5.91 Å². The summed E-state index contributed by atoms with van der Waals surface area (Å²) in [6.07, 6.45) is 1.95. The van der Waals surface area contributed by atoms with Gasteiger partial charge in [0, 0.05) is 22.6 Å². The van der Waals surface area contributed by atoms with Gasteiger partial charge in [-0.1, -0.05) is 15.9 Å². The van der Waals surface area contributed by atoms with E-state index >= 15 is 0 Å². The molecule has 2 fully saturated rings. The van der Waals surface area contributed by atoms with Crippen molar-refractivity contribution in [2.45, 2.75) is 18.9 Å². The minimum atomic E-state index is 0.286. The second-order valence-electron chi connectivity index (χ2n) is 4.01. The Morgan fingerprint density at radius 2 is 2.00 bits per heavy atom. The molecule has 0 bridgehead atoms. The van der Waals surface area contributed by atoms with Gasteiger partial charge in [0.05, 0.1) is 0 Å². The zero-order chi connectivity index (χ0) is 9.71. The van der Waals surface area contributed by atoms with Gasteiger partial charge in [0.1, 0.15) is 0 Å². The highest BCUT2D eigenvalue weighted by Crippen LogP contribution is 2.47. The normalized spacial score (nSPS) is 29.2. The van der Waals surface area contributed by atoms with Crippen LogP contribution in [0.5, 0.6) is 0 Å². The molecule has 0 N–H and O–H groups in total. The van der Waals surface area contributed by atoms with E-state index in [1.54, 1.807) is 0 Å². The first-order valence-electron chi connectivity index (χ1n) is 4.83. The second-order valence-corrected chi connectivity index (χ2v) is 4.92. The number of carbonyl (C=O) groups is 1. The first-order valence-corrected chi connectivity index (χ1v) is 5.62. The van der Waals surface area contributed by atoms with Gasteiger partial charge in [-0.15, -0.1) is 0 Å². The number of nitrogens with zero attached hydrogens (tertiary/aromatic N) is 1. The van der Waals surface area contributed by atoms with E-state index in [9.17, 15) is 4.79 Å². The Bertz CT molecular complexity index is 387. The SMILES string of the molecule is O=C1CC2CC2N1c1ccc(Br)cc1. The van der Waals surface area contributed by atoms with E-state index in [4.69, 9.17) is 0 Å². The van der Waals surface area contributed by atoms with E-state index in [0.717, 1.165) is 16.6 Å². The maximum Gasteiger partial charge on any atom is 0.227 e. The maximum atomic E-state index is 11.6. The largest absolute Gasteiger partial charge is 0.309 e. The van der Waals surface area contributed by atoms with Gasteiger partial charge in [-0.05, 0) is 36.6 Å². The van der Waals surface area contributed by atoms with Crippen LogP contribution in [0, 0.1) is 5.92 Å². The molecule has 0 aromatic heterocycles. The van der Waals surface area contributed by atoms with Crippen molar-refractivity contribution in [2.75, 3.05) is 4.90 Å². The van der Waals surface area contributed by atoms with Gasteiger partial charge < -0.3 is 4.90 Å². The maximum absolute atomic E-state index is 11.6. The number of rotatable bonds is 1. The van der Waals surface area contributed by atoms with Crippen molar-refractivity contribution in [1.29, 1.82) is 0 Å². The standard InChI is InChI=1S/C11H10BrNO/c12-8-1-3-9(4-2-8)13-10-5-7(10)6-11(13)14/h1-4,7,10H,5-6H2. The molecule has 14 heavy (non-hydrogen) atoms. The van der Waals surface area contributed by atoms with Crippen molar-refractivity contribution in [3.05, 3.63) is 28.7 Å². The topological polar surface area (TPSA) is 20.3 Å². The monoisotopic (exact) mass is 251 g/mol. The van der Waals surface area contributed by atoms with Gasteiger partial charge in [0.15, 0.2) is 0 Å². The Balaban J connectivity index is 1.94. The molecule has 72 valence electrons. The number of anilines is 1. The average molecular weight is 252 g/mol. The van der Waals surface area contributed by atoms with E-state index < -0.39 is 0 Å². The van der Waals surface area contributed by atoms with Crippen molar-refractivity contribution in [3.8, 4) is 0 Å². The van der Waals surface area contributed by atoms with Crippen molar-refractivity contribution in [1.82, 2.24) is 0 Å². The van der Waals surface area contributed by atoms with Crippen LogP contribution < -0.4 is 4.90 Å². The summed E-state index contributed by atoms with van der Waals surface area (Å²) in [5, 5.41) is 0. The fraction of sp³-hybridized carbons (Fsp3) is 0.364. The lowest BCUT2D eigenvalue weighted by Crippen LogP contribution is -2.27. The summed E-state index contributed by atoms with van der Waals surface area (Å²) < 4.78 is 1.06. The molecule has 1 aromatic rings. The first kappa shape index (κ1) is 8.48. The molecule has 1 saturated heterocycles. The van der Waals surface area contributed by atoms with Crippen molar-refractivity contribution >= 4 is 27.5 Å². The molecule has 2 atom stereocenters. The van der Waals surface area contributed by atoms with Crippen LogP contribution >= 0.6 is 15.9 Å². The van der Waals surface area contributed by atoms with Crippen molar-refractivity contribution < 1.29 is 4.79 Å². The van der Waals surface area contributed by atoms with Gasteiger partial charge in [-0.3, -0.25) is 4.79 Å². The smallest absolute Gasteiger partial charge is 0.227 e. The number of benzene rings is 1. The Kier molecular flexibility index (Phi) is 1.71. The summed E-state index contributed by atoms with van der Waals surface area (Å²) in [6.45, 7) is 0. The van der Waals surface area contributed by atoms with Crippen LogP contribution in [0.25, 0.3) is 0 Å². The summed E-state index contributed by atoms with van der Waals surface area (Å²) in [5.74, 6) is 0.930. The number of carbonyl (C=O) groups excluding carboxylic acids is 1. The van der Waals surface area contributed by atoms with Crippen LogP contribution in [0.3, 0.4) is 0 Å². The number of piperidine rings is 1. The summed E-state index contributed by atoms with van der Waals surface area (Å²) in [5.41, 5.74) is 1.04. The predicted molar refractivity (Wildman–Crippen MR) is 58.1 cm³/mol. The molecule has 2 nitrogen and oxygen atoms in total. The molecule has 1 saturated carbocycles. The zero-order valence-electron chi connectivity index (χ0n) is 7.61. The quantitative estimate of drug-likeness (QED) is 0.752. The van der Waals surface area contributed by atoms with Crippen LogP contribution in [0.1, 0.15) is 12.8 Å². The summed E-state index contributed by atoms with van der Waals surface area (Å²) in [6, 6.07) is 8.48. The van der Waals surface area contributed by atoms with E-state index in [-0.39, 0.29) is 5.91 Å². The molecule has 1 aromatic carbocycles. The molecule has 2 aliphatic rings. The van der Waals surface area contributed by atoms with E-state index in [2.05, 4.69) is 15.9 Å². The van der Waals surface area contributed by atoms with Gasteiger partial charge in [-0.25, -0.2) is 0 Å². The summed E-state index contributed by atoms with van der Waals surface area (Å²) in [7, 11) is 0. The van der Waals surface area contributed by atoms with Crippen molar-refractivity contribution in [3.63, 3.8) is 0 Å². The second kappa shape index (κ2) is 2.83. The molecule has 0 radical (unpaired) electrons. The highest BCUT2D eigenvalue weighted by molar-refractivity contribution is 9.10. The van der Waals surface area contributed by atoms with Gasteiger partial charge in [-0.2, -0.15) is 0 Å². The number of fused-ring (bicyclic) bond motifs is 1. The Morgan fingerprint density at radius 1 is 1.29 bits per heavy atom. The molecule has 2 unspecified atom stereocenters. The average Bonchev–Trinajstić information content (AvgIpc) is 2.82. The Labute approximate surface area is 91.0 Å². The predicted octanol–water partition coefficient (Wildman–Crippen LogP) is 2.57. The van der Waals surface area contributed by atoms with E-state index in [1.807, 2.05) is 29.2 Å². The van der Waals surface area contributed by atoms with Crippen LogP contribution in [0.2, 0.25) is 0 Å². The third-order valence-electron chi connectivity index (χ3n) is 3.03. The van der Waals surface area contributed by atoms with Crippen LogP contribution in [0.15, 0.2) is 28.7 Å². The number of hydrogen-bond acceptors (Lipinski definition) is 1. The van der Waals surface area contributed by atoms with E-state index in [0.29, 0.717) is 12.0 Å². The zero-order valence-corrected chi connectivity index (χ0v) is 9.20. The molecule has 1 amide bonds. The van der Waals surface area contributed by atoms with Gasteiger partial charge >= 0.3 is 0 Å². The van der Waals surface area contributed by atoms with Crippen LogP contribution in [-0.2, 0) is 4.79 Å². The fourth-order valence-electron chi connectivity index (χ4n) is 2.21. The highest BCUT2D eigenvalue weighted by Gasteiger charge is 2.51. The fourth-order valence-corrected chi connectivity index (χ4v) is 2.48. The molecule has 3 heteroatoms. The molecule has 1 aliphatic carbocycles. The Morgan fingerprint density at radius 3 is 2.57 bits per heavy atom. The highest BCUT2D eigenvalue weighted by atomic mass is 79.9. The molecule has 1 aliphatic heterocycles. The number of amides is 1.